The lowest BCUT2D eigenvalue weighted by Crippen LogP contribution is -2.10. The predicted octanol–water partition coefficient (Wildman–Crippen LogP) is 3.34. The van der Waals surface area contributed by atoms with Crippen LogP contribution in [-0.2, 0) is 11.2 Å². The van der Waals surface area contributed by atoms with Crippen molar-refractivity contribution in [1.29, 1.82) is 0 Å². The van der Waals surface area contributed by atoms with E-state index in [1.165, 1.54) is 5.56 Å². The monoisotopic (exact) mass is 270 g/mol. The Bertz CT molecular complexity index is 632. The van der Waals surface area contributed by atoms with Gasteiger partial charge in [0.15, 0.2) is 6.10 Å². The van der Waals surface area contributed by atoms with E-state index >= 15 is 0 Å². The number of aliphatic hydroxyl groups is 1. The smallest absolute Gasteiger partial charge is 0.337 e. The molecular weight excluding hydrogens is 252 g/mol. The zero-order valence-corrected chi connectivity index (χ0v) is 11.6. The molecule has 2 N–H and O–H groups in total. The van der Waals surface area contributed by atoms with Gasteiger partial charge in [0.25, 0.3) is 0 Å². The van der Waals surface area contributed by atoms with Gasteiger partial charge in [0.05, 0.1) is 0 Å². The molecule has 0 saturated carbocycles. The minimum absolute atomic E-state index is 0.397. The summed E-state index contributed by atoms with van der Waals surface area (Å²) in [6, 6.07) is 13.3. The predicted molar refractivity (Wildman–Crippen MR) is 78.6 cm³/mol. The number of carboxylic acid groups (broad SMARTS) is 1. The largest absolute Gasteiger partial charge is 0.479 e. The summed E-state index contributed by atoms with van der Waals surface area (Å²) in [5.74, 6) is -1.24. The van der Waals surface area contributed by atoms with Gasteiger partial charge < -0.3 is 10.2 Å². The molecule has 1 atom stereocenters. The minimum atomic E-state index is -1.48. The molecule has 0 bridgehead atoms. The molecule has 0 heterocycles. The SMILES string of the molecule is CCc1ccc(-c2cccc(C(O)C(=O)O)c2)c(C)c1. The van der Waals surface area contributed by atoms with E-state index in [4.69, 9.17) is 5.11 Å². The summed E-state index contributed by atoms with van der Waals surface area (Å²) >= 11 is 0. The van der Waals surface area contributed by atoms with Crippen LogP contribution in [0.1, 0.15) is 29.7 Å². The van der Waals surface area contributed by atoms with E-state index in [1.54, 1.807) is 18.2 Å². The molecule has 1 unspecified atom stereocenters. The van der Waals surface area contributed by atoms with Gasteiger partial charge in [-0.25, -0.2) is 4.79 Å². The highest BCUT2D eigenvalue weighted by Gasteiger charge is 2.16. The molecule has 0 spiro atoms. The van der Waals surface area contributed by atoms with Crippen LogP contribution in [-0.4, -0.2) is 16.2 Å². The molecule has 2 rings (SSSR count). The summed E-state index contributed by atoms with van der Waals surface area (Å²) in [7, 11) is 0. The summed E-state index contributed by atoms with van der Waals surface area (Å²) in [6.07, 6.45) is -0.496. The fourth-order valence-corrected chi connectivity index (χ4v) is 2.29. The first-order chi connectivity index (χ1) is 9.52. The van der Waals surface area contributed by atoms with Crippen molar-refractivity contribution in [3.05, 3.63) is 59.2 Å². The summed E-state index contributed by atoms with van der Waals surface area (Å²) in [4.78, 5) is 10.8. The van der Waals surface area contributed by atoms with Gasteiger partial charge in [-0.15, -0.1) is 0 Å². The highest BCUT2D eigenvalue weighted by Crippen LogP contribution is 2.27. The van der Waals surface area contributed by atoms with Crippen LogP contribution in [0.5, 0.6) is 0 Å². The summed E-state index contributed by atoms with van der Waals surface area (Å²) in [5, 5.41) is 18.5. The first-order valence-electron chi connectivity index (χ1n) is 6.63. The van der Waals surface area contributed by atoms with Crippen molar-refractivity contribution in [2.75, 3.05) is 0 Å². The molecule has 3 nitrogen and oxygen atoms in total. The number of aliphatic carboxylic acids is 1. The number of hydrogen-bond acceptors (Lipinski definition) is 2. The van der Waals surface area contributed by atoms with E-state index in [1.807, 2.05) is 19.1 Å². The maximum absolute atomic E-state index is 10.8. The topological polar surface area (TPSA) is 57.5 Å². The van der Waals surface area contributed by atoms with Crippen molar-refractivity contribution >= 4 is 5.97 Å². The van der Waals surface area contributed by atoms with Gasteiger partial charge in [-0.05, 0) is 47.2 Å². The summed E-state index contributed by atoms with van der Waals surface area (Å²) < 4.78 is 0. The third-order valence-electron chi connectivity index (χ3n) is 3.45. The molecule has 20 heavy (non-hydrogen) atoms. The minimum Gasteiger partial charge on any atom is -0.479 e. The van der Waals surface area contributed by atoms with Crippen molar-refractivity contribution < 1.29 is 15.0 Å². The molecule has 3 heteroatoms. The second-order valence-corrected chi connectivity index (χ2v) is 4.87. The molecule has 0 fully saturated rings. The average Bonchev–Trinajstić information content (AvgIpc) is 2.46. The van der Waals surface area contributed by atoms with Gasteiger partial charge in [0.2, 0.25) is 0 Å². The van der Waals surface area contributed by atoms with Gasteiger partial charge in [-0.2, -0.15) is 0 Å². The lowest BCUT2D eigenvalue weighted by atomic mass is 9.95. The molecule has 2 aromatic carbocycles. The number of hydrogen-bond donors (Lipinski definition) is 2. The fourth-order valence-electron chi connectivity index (χ4n) is 2.29. The van der Waals surface area contributed by atoms with Crippen molar-refractivity contribution in [3.8, 4) is 11.1 Å². The first kappa shape index (κ1) is 14.3. The lowest BCUT2D eigenvalue weighted by molar-refractivity contribution is -0.146. The average molecular weight is 270 g/mol. The van der Waals surface area contributed by atoms with Crippen LogP contribution in [0, 0.1) is 6.92 Å². The van der Waals surface area contributed by atoms with Crippen LogP contribution < -0.4 is 0 Å². The second kappa shape index (κ2) is 5.88. The Kier molecular flexibility index (Phi) is 4.20. The number of benzene rings is 2. The maximum atomic E-state index is 10.8. The Morgan fingerprint density at radius 3 is 2.55 bits per heavy atom. The van der Waals surface area contributed by atoms with E-state index in [0.29, 0.717) is 5.56 Å². The molecule has 104 valence electrons. The molecule has 0 aromatic heterocycles. The first-order valence-corrected chi connectivity index (χ1v) is 6.63. The number of carbonyl (C=O) groups is 1. The van der Waals surface area contributed by atoms with Crippen molar-refractivity contribution in [2.45, 2.75) is 26.4 Å². The third kappa shape index (κ3) is 2.89. The quantitative estimate of drug-likeness (QED) is 0.895. The van der Waals surface area contributed by atoms with Crippen LogP contribution >= 0.6 is 0 Å². The third-order valence-corrected chi connectivity index (χ3v) is 3.45. The molecular formula is C17H18O3. The highest BCUT2D eigenvalue weighted by molar-refractivity contribution is 5.76. The van der Waals surface area contributed by atoms with E-state index in [-0.39, 0.29) is 0 Å². The molecule has 0 aliphatic carbocycles. The molecule has 2 aromatic rings. The highest BCUT2D eigenvalue weighted by atomic mass is 16.4. The lowest BCUT2D eigenvalue weighted by Gasteiger charge is -2.11. The van der Waals surface area contributed by atoms with Crippen LogP contribution in [0.4, 0.5) is 0 Å². The van der Waals surface area contributed by atoms with Crippen LogP contribution in [0.15, 0.2) is 42.5 Å². The van der Waals surface area contributed by atoms with Crippen LogP contribution in [0.25, 0.3) is 11.1 Å². The zero-order chi connectivity index (χ0) is 14.7. The molecule has 0 saturated heterocycles. The Morgan fingerprint density at radius 1 is 1.20 bits per heavy atom. The Balaban J connectivity index is 2.43. The normalized spacial score (nSPS) is 12.2. The molecule has 0 aliphatic heterocycles. The summed E-state index contributed by atoms with van der Waals surface area (Å²) in [6.45, 7) is 4.15. The number of aliphatic hydroxyl groups excluding tert-OH is 1. The van der Waals surface area contributed by atoms with Gasteiger partial charge in [-0.1, -0.05) is 43.3 Å². The molecule has 0 amide bonds. The van der Waals surface area contributed by atoms with Crippen LogP contribution in [0.3, 0.4) is 0 Å². The van der Waals surface area contributed by atoms with E-state index in [9.17, 15) is 9.90 Å². The van der Waals surface area contributed by atoms with Crippen molar-refractivity contribution in [1.82, 2.24) is 0 Å². The Labute approximate surface area is 118 Å². The number of aryl methyl sites for hydroxylation is 2. The second-order valence-electron chi connectivity index (χ2n) is 4.87. The standard InChI is InChI=1S/C17H18O3/c1-3-12-7-8-15(11(2)9-12)13-5-4-6-14(10-13)16(18)17(19)20/h4-10,16,18H,3H2,1-2H3,(H,19,20). The Morgan fingerprint density at radius 2 is 1.95 bits per heavy atom. The van der Waals surface area contributed by atoms with Crippen LogP contribution in [0.2, 0.25) is 0 Å². The van der Waals surface area contributed by atoms with Gasteiger partial charge >= 0.3 is 5.97 Å². The van der Waals surface area contributed by atoms with E-state index in [0.717, 1.165) is 23.1 Å². The number of carboxylic acids is 1. The molecule has 0 radical (unpaired) electrons. The Hall–Kier alpha value is -2.13. The fraction of sp³-hybridized carbons (Fsp3) is 0.235. The number of rotatable bonds is 4. The van der Waals surface area contributed by atoms with Crippen molar-refractivity contribution in [3.63, 3.8) is 0 Å². The van der Waals surface area contributed by atoms with Gasteiger partial charge in [-0.3, -0.25) is 0 Å². The van der Waals surface area contributed by atoms with Gasteiger partial charge in [0, 0.05) is 0 Å². The summed E-state index contributed by atoms with van der Waals surface area (Å²) in [5.41, 5.74) is 4.79. The van der Waals surface area contributed by atoms with Gasteiger partial charge in [0.1, 0.15) is 0 Å². The maximum Gasteiger partial charge on any atom is 0.337 e. The zero-order valence-electron chi connectivity index (χ0n) is 11.6. The van der Waals surface area contributed by atoms with E-state index in [2.05, 4.69) is 19.1 Å². The molecule has 0 aliphatic rings. The van der Waals surface area contributed by atoms with E-state index < -0.39 is 12.1 Å². The van der Waals surface area contributed by atoms with Crippen molar-refractivity contribution in [2.24, 2.45) is 0 Å².